The van der Waals surface area contributed by atoms with E-state index in [0.717, 1.165) is 11.3 Å². The van der Waals surface area contributed by atoms with Crippen LogP contribution in [-0.4, -0.2) is 31.0 Å². The van der Waals surface area contributed by atoms with Gasteiger partial charge in [0.2, 0.25) is 0 Å². The van der Waals surface area contributed by atoms with Crippen LogP contribution in [0.3, 0.4) is 0 Å². The van der Waals surface area contributed by atoms with Gasteiger partial charge in [-0.05, 0) is 31.9 Å². The van der Waals surface area contributed by atoms with Crippen LogP contribution < -0.4 is 4.90 Å². The van der Waals surface area contributed by atoms with Crippen LogP contribution in [0.2, 0.25) is 0 Å². The quantitative estimate of drug-likeness (QED) is 0.894. The normalized spacial score (nSPS) is 19.8. The summed E-state index contributed by atoms with van der Waals surface area (Å²) < 4.78 is 5.17. The molecule has 4 heteroatoms. The Balaban J connectivity index is 2.21. The lowest BCUT2D eigenvalue weighted by molar-refractivity contribution is 0.104. The fraction of sp³-hybridized carbons (Fsp3) is 0.500. The first-order valence-corrected chi connectivity index (χ1v) is 6.24. The maximum atomic E-state index is 11.8. The Morgan fingerprint density at radius 3 is 2.89 bits per heavy atom. The van der Waals surface area contributed by atoms with Gasteiger partial charge in [0.15, 0.2) is 0 Å². The second kappa shape index (κ2) is 5.40. The molecule has 18 heavy (non-hydrogen) atoms. The van der Waals surface area contributed by atoms with E-state index < -0.39 is 0 Å². The predicted molar refractivity (Wildman–Crippen MR) is 69.8 cm³/mol. The van der Waals surface area contributed by atoms with Crippen LogP contribution in [-0.2, 0) is 4.74 Å². The van der Waals surface area contributed by atoms with Crippen LogP contribution >= 0.6 is 0 Å². The van der Waals surface area contributed by atoms with E-state index in [1.807, 2.05) is 26.0 Å². The zero-order valence-electron chi connectivity index (χ0n) is 10.8. The number of benzene rings is 1. The van der Waals surface area contributed by atoms with Crippen molar-refractivity contribution in [3.05, 3.63) is 29.3 Å². The molecule has 0 radical (unpaired) electrons. The zero-order chi connectivity index (χ0) is 13.1. The van der Waals surface area contributed by atoms with Crippen LogP contribution in [0.25, 0.3) is 0 Å². The summed E-state index contributed by atoms with van der Waals surface area (Å²) in [6, 6.07) is 6.00. The Morgan fingerprint density at radius 2 is 2.22 bits per heavy atom. The lowest BCUT2D eigenvalue weighted by Crippen LogP contribution is -2.43. The molecule has 1 heterocycles. The van der Waals surface area contributed by atoms with Gasteiger partial charge in [-0.25, -0.2) is 4.79 Å². The van der Waals surface area contributed by atoms with Crippen LogP contribution in [0.4, 0.5) is 10.5 Å². The van der Waals surface area contributed by atoms with Crippen molar-refractivity contribution in [2.24, 2.45) is 5.92 Å². The number of amides is 1. The van der Waals surface area contributed by atoms with Crippen molar-refractivity contribution in [1.82, 2.24) is 0 Å². The van der Waals surface area contributed by atoms with E-state index in [1.165, 1.54) is 5.56 Å². The molecule has 2 rings (SSSR count). The van der Waals surface area contributed by atoms with Crippen LogP contribution in [0, 0.1) is 19.8 Å². The molecule has 0 spiro atoms. The number of nitrogens with zero attached hydrogens (tertiary/aromatic N) is 1. The Hall–Kier alpha value is -1.55. The summed E-state index contributed by atoms with van der Waals surface area (Å²) >= 11 is 0. The molecule has 1 aromatic rings. The smallest absolute Gasteiger partial charge is 0.414 e. The SMILES string of the molecule is Cc1ccc(N2CC(CCO)COC2=O)c(C)c1. The van der Waals surface area contributed by atoms with Crippen molar-refractivity contribution in [3.63, 3.8) is 0 Å². The molecule has 1 aliphatic heterocycles. The highest BCUT2D eigenvalue weighted by Gasteiger charge is 2.28. The number of aliphatic hydroxyl groups is 1. The molecular weight excluding hydrogens is 230 g/mol. The van der Waals surface area contributed by atoms with Crippen molar-refractivity contribution >= 4 is 11.8 Å². The van der Waals surface area contributed by atoms with Gasteiger partial charge in [0, 0.05) is 24.8 Å². The summed E-state index contributed by atoms with van der Waals surface area (Å²) in [4.78, 5) is 13.5. The second-order valence-corrected chi connectivity index (χ2v) is 4.86. The molecule has 0 saturated carbocycles. The number of cyclic esters (lactones) is 1. The first kappa shape index (κ1) is 12.9. The molecule has 0 aromatic heterocycles. The van der Waals surface area contributed by atoms with E-state index in [2.05, 4.69) is 6.07 Å². The fourth-order valence-electron chi connectivity index (χ4n) is 2.31. The van der Waals surface area contributed by atoms with E-state index >= 15 is 0 Å². The standard InChI is InChI=1S/C14H19NO3/c1-10-3-4-13(11(2)7-10)15-8-12(5-6-16)9-18-14(15)17/h3-4,7,12,16H,5-6,8-9H2,1-2H3. The Morgan fingerprint density at radius 1 is 1.44 bits per heavy atom. The monoisotopic (exact) mass is 249 g/mol. The molecule has 1 N–H and O–H groups in total. The minimum absolute atomic E-state index is 0.128. The van der Waals surface area contributed by atoms with Gasteiger partial charge in [0.05, 0.1) is 6.61 Å². The van der Waals surface area contributed by atoms with Gasteiger partial charge < -0.3 is 9.84 Å². The number of hydrogen-bond acceptors (Lipinski definition) is 3. The summed E-state index contributed by atoms with van der Waals surface area (Å²) in [6.07, 6.45) is 0.366. The van der Waals surface area contributed by atoms with E-state index in [0.29, 0.717) is 19.6 Å². The van der Waals surface area contributed by atoms with Crippen molar-refractivity contribution in [2.75, 3.05) is 24.7 Å². The molecule has 1 aliphatic rings. The van der Waals surface area contributed by atoms with Gasteiger partial charge in [-0.3, -0.25) is 4.90 Å². The number of hydrogen-bond donors (Lipinski definition) is 1. The highest BCUT2D eigenvalue weighted by atomic mass is 16.6. The summed E-state index contributed by atoms with van der Waals surface area (Å²) in [7, 11) is 0. The molecule has 1 aromatic carbocycles. The maximum Gasteiger partial charge on any atom is 0.414 e. The van der Waals surface area contributed by atoms with Crippen molar-refractivity contribution in [1.29, 1.82) is 0 Å². The van der Waals surface area contributed by atoms with Gasteiger partial charge in [0.1, 0.15) is 0 Å². The average molecular weight is 249 g/mol. The van der Waals surface area contributed by atoms with Gasteiger partial charge in [-0.1, -0.05) is 17.7 Å². The predicted octanol–water partition coefficient (Wildman–Crippen LogP) is 2.26. The van der Waals surface area contributed by atoms with Gasteiger partial charge in [0.25, 0.3) is 0 Å². The number of aryl methyl sites for hydroxylation is 2. The van der Waals surface area contributed by atoms with Gasteiger partial charge in [-0.2, -0.15) is 0 Å². The number of ether oxygens (including phenoxy) is 1. The van der Waals surface area contributed by atoms with Crippen LogP contribution in [0.5, 0.6) is 0 Å². The molecule has 4 nitrogen and oxygen atoms in total. The first-order valence-electron chi connectivity index (χ1n) is 6.24. The van der Waals surface area contributed by atoms with Crippen molar-refractivity contribution < 1.29 is 14.6 Å². The van der Waals surface area contributed by atoms with Crippen LogP contribution in [0.15, 0.2) is 18.2 Å². The van der Waals surface area contributed by atoms with E-state index in [4.69, 9.17) is 9.84 Å². The fourth-order valence-corrected chi connectivity index (χ4v) is 2.31. The second-order valence-electron chi connectivity index (χ2n) is 4.86. The molecule has 1 saturated heterocycles. The molecule has 1 atom stereocenters. The van der Waals surface area contributed by atoms with E-state index in [-0.39, 0.29) is 18.6 Å². The topological polar surface area (TPSA) is 49.8 Å². The van der Waals surface area contributed by atoms with E-state index in [1.54, 1.807) is 4.90 Å². The number of anilines is 1. The lowest BCUT2D eigenvalue weighted by atomic mass is 10.0. The summed E-state index contributed by atoms with van der Waals surface area (Å²) in [6.45, 7) is 5.16. The lowest BCUT2D eigenvalue weighted by Gasteiger charge is -2.32. The molecular formula is C14H19NO3. The van der Waals surface area contributed by atoms with Crippen molar-refractivity contribution in [3.8, 4) is 0 Å². The first-order chi connectivity index (χ1) is 8.61. The average Bonchev–Trinajstić information content (AvgIpc) is 2.33. The minimum Gasteiger partial charge on any atom is -0.449 e. The molecule has 1 amide bonds. The number of carbonyl (C=O) groups excluding carboxylic acids is 1. The Bertz CT molecular complexity index is 445. The highest BCUT2D eigenvalue weighted by molar-refractivity contribution is 5.89. The third-order valence-electron chi connectivity index (χ3n) is 3.28. The molecule has 98 valence electrons. The Kier molecular flexibility index (Phi) is 3.87. The number of aliphatic hydroxyl groups excluding tert-OH is 1. The van der Waals surface area contributed by atoms with Crippen LogP contribution in [0.1, 0.15) is 17.5 Å². The molecule has 0 aliphatic carbocycles. The molecule has 0 bridgehead atoms. The summed E-state index contributed by atoms with van der Waals surface area (Å²) in [5.74, 6) is 0.202. The van der Waals surface area contributed by atoms with Gasteiger partial charge >= 0.3 is 6.09 Å². The molecule has 1 fully saturated rings. The zero-order valence-corrected chi connectivity index (χ0v) is 10.8. The summed E-state index contributed by atoms with van der Waals surface area (Å²) in [5, 5.41) is 8.97. The van der Waals surface area contributed by atoms with E-state index in [9.17, 15) is 4.79 Å². The number of rotatable bonds is 3. The minimum atomic E-state index is -0.295. The Labute approximate surface area is 107 Å². The largest absolute Gasteiger partial charge is 0.449 e. The third kappa shape index (κ3) is 2.64. The van der Waals surface area contributed by atoms with Gasteiger partial charge in [-0.15, -0.1) is 0 Å². The maximum absolute atomic E-state index is 11.8. The number of carbonyl (C=O) groups is 1. The summed E-state index contributed by atoms with van der Waals surface area (Å²) in [5.41, 5.74) is 3.14. The third-order valence-corrected chi connectivity index (χ3v) is 3.28. The van der Waals surface area contributed by atoms with Crippen molar-refractivity contribution in [2.45, 2.75) is 20.3 Å². The highest BCUT2D eigenvalue weighted by Crippen LogP contribution is 2.26. The molecule has 1 unspecified atom stereocenters.